The predicted molar refractivity (Wildman–Crippen MR) is 404 cm³/mol. The van der Waals surface area contributed by atoms with Crippen molar-refractivity contribution in [2.45, 2.75) is 375 Å². The molecule has 0 amide bonds. The Bertz CT molecular complexity index is 3190. The van der Waals surface area contributed by atoms with Crippen LogP contribution in [0.2, 0.25) is 0 Å². The summed E-state index contributed by atoms with van der Waals surface area (Å²) in [6.07, 6.45) is -25.7. The first kappa shape index (κ1) is 92.8. The second-order valence-electron chi connectivity index (χ2n) is 37.4. The summed E-state index contributed by atoms with van der Waals surface area (Å²) in [5.74, 6) is -5.52. The van der Waals surface area contributed by atoms with E-state index in [2.05, 4.69) is 47.6 Å². The van der Waals surface area contributed by atoms with E-state index in [0.29, 0.717) is 38.5 Å². The molecule has 4 heterocycles. The van der Waals surface area contributed by atoms with Gasteiger partial charge in [-0.2, -0.15) is 0 Å². The third kappa shape index (κ3) is 18.4. The largest absolute Gasteiger partial charge is 0.479 e. The van der Waals surface area contributed by atoms with E-state index in [-0.39, 0.29) is 75.6 Å². The van der Waals surface area contributed by atoms with Gasteiger partial charge in [0, 0.05) is 32.2 Å². The smallest absolute Gasteiger partial charge is 0.335 e. The van der Waals surface area contributed by atoms with E-state index in [9.17, 15) is 86.2 Å². The number of hydrogen-bond acceptors (Lipinski definition) is 31. The molecule has 662 valence electrons. The number of carbonyl (C=O) groups is 3. The van der Waals surface area contributed by atoms with Gasteiger partial charge in [0.25, 0.3) is 0 Å². The number of hydrogen-bond donors (Lipinski definition) is 15. The first-order valence-electron chi connectivity index (χ1n) is 42.6. The fourth-order valence-electron chi connectivity index (χ4n) is 22.7. The Balaban J connectivity index is 0.840. The maximum Gasteiger partial charge on any atom is 0.335 e. The molecule has 4 aliphatic heterocycles. The van der Waals surface area contributed by atoms with Crippen molar-refractivity contribution >= 4 is 17.9 Å². The van der Waals surface area contributed by atoms with E-state index in [0.717, 1.165) is 31.3 Å². The molecule has 0 aromatic rings. The zero-order valence-electron chi connectivity index (χ0n) is 69.1. The molecule has 10 fully saturated rings. The second kappa shape index (κ2) is 38.5. The zero-order chi connectivity index (χ0) is 83.8. The maximum absolute atomic E-state index is 16.2. The minimum atomic E-state index is -2.13. The van der Waals surface area contributed by atoms with Gasteiger partial charge in [0.05, 0.1) is 82.2 Å². The highest BCUT2D eigenvalue weighted by molar-refractivity contribution is 5.80. The first-order valence-corrected chi connectivity index (χ1v) is 42.6. The normalized spacial score (nSPS) is 47.9. The summed E-state index contributed by atoms with van der Waals surface area (Å²) >= 11 is 0. The van der Waals surface area contributed by atoms with Gasteiger partial charge in [0.2, 0.25) is 6.29 Å². The summed E-state index contributed by atoms with van der Waals surface area (Å²) in [4.78, 5) is 42.5. The Hall–Kier alpha value is -2.89. The molecule has 21 unspecified atom stereocenters. The summed E-state index contributed by atoms with van der Waals surface area (Å²) in [6, 6.07) is 0. The Kier molecular flexibility index (Phi) is 31.1. The SMILES string of the molecule is CCCCCCCCCCCCOC(=O)CCO[C@H]1C(C)O[C@@H](OC(=O)[C@]23CCC(C)(C)CC2C2=CCC4[C@@]5(C)CCC(O[C@@H]6OC(C(=O)O)[C@@H](O)C(O[C@@H]7OC[C@@H](O)C(O)C7O)C6O[C@@H]6CC(CO)[C@H](O)C(O)C6O)[C@@](C)(CO)C5CC[C@@]4(C)[C@]2(C)CC3O)C(O[C@@H]2CC(C)[C@H](O[C@@H]3OC[C@@H](O)C(OC)C3O)C(OC)C2O)C1O. The van der Waals surface area contributed by atoms with Crippen molar-refractivity contribution < 1.29 is 157 Å². The molecule has 0 bridgehead atoms. The highest BCUT2D eigenvalue weighted by Crippen LogP contribution is 2.76. The van der Waals surface area contributed by atoms with E-state index in [1.807, 2.05) is 13.8 Å². The van der Waals surface area contributed by atoms with Crippen molar-refractivity contribution in [3.05, 3.63) is 11.6 Å². The molecule has 115 heavy (non-hydrogen) atoms. The van der Waals surface area contributed by atoms with Gasteiger partial charge in [-0.25, -0.2) is 4.79 Å². The molecule has 0 aromatic carbocycles. The molecule has 4 saturated heterocycles. The molecule has 32 nitrogen and oxygen atoms in total. The summed E-state index contributed by atoms with van der Waals surface area (Å²) < 4.78 is 86.9. The quantitative estimate of drug-likeness (QED) is 0.0199. The van der Waals surface area contributed by atoms with Crippen molar-refractivity contribution in [3.63, 3.8) is 0 Å². The second-order valence-corrected chi connectivity index (χ2v) is 37.4. The summed E-state index contributed by atoms with van der Waals surface area (Å²) in [5, 5.41) is 171. The van der Waals surface area contributed by atoms with E-state index in [1.54, 1.807) is 6.92 Å². The lowest BCUT2D eigenvalue weighted by atomic mass is 9.33. The van der Waals surface area contributed by atoms with Crippen molar-refractivity contribution in [3.8, 4) is 0 Å². The Morgan fingerprint density at radius 2 is 1.18 bits per heavy atom. The van der Waals surface area contributed by atoms with Crippen molar-refractivity contribution in [1.82, 2.24) is 0 Å². The zero-order valence-corrected chi connectivity index (χ0v) is 69.1. The van der Waals surface area contributed by atoms with Gasteiger partial charge < -0.3 is 143 Å². The van der Waals surface area contributed by atoms with Crippen LogP contribution in [0.15, 0.2) is 11.6 Å². The Morgan fingerprint density at radius 3 is 1.83 bits per heavy atom. The number of carboxylic acid groups (broad SMARTS) is 1. The van der Waals surface area contributed by atoms with Crippen LogP contribution in [0.25, 0.3) is 0 Å². The third-order valence-electron chi connectivity index (χ3n) is 29.8. The van der Waals surface area contributed by atoms with E-state index in [1.165, 1.54) is 52.7 Å². The van der Waals surface area contributed by atoms with Crippen LogP contribution in [0.4, 0.5) is 0 Å². The summed E-state index contributed by atoms with van der Waals surface area (Å²) in [5.41, 5.74) is -4.02. The molecule has 15 N–H and O–H groups in total. The topological polar surface area (TPSA) is 484 Å². The number of aliphatic hydroxyl groups excluding tert-OH is 14. The van der Waals surface area contributed by atoms with Gasteiger partial charge in [-0.1, -0.05) is 125 Å². The van der Waals surface area contributed by atoms with E-state index < -0.39 is 254 Å². The lowest BCUT2D eigenvalue weighted by molar-refractivity contribution is -0.371. The molecule has 0 radical (unpaired) electrons. The molecule has 0 aromatic heterocycles. The Labute approximate surface area is 675 Å². The minimum absolute atomic E-state index is 0.0645. The molecular formula is C83H138O32. The fourth-order valence-corrected chi connectivity index (χ4v) is 22.7. The van der Waals surface area contributed by atoms with Crippen LogP contribution in [-0.4, -0.2) is 320 Å². The average molecular weight is 1650 g/mol. The van der Waals surface area contributed by atoms with Gasteiger partial charge in [-0.3, -0.25) is 9.59 Å². The van der Waals surface area contributed by atoms with Crippen molar-refractivity contribution in [1.29, 1.82) is 0 Å². The lowest BCUT2D eigenvalue weighted by Gasteiger charge is -2.72. The molecule has 32 heteroatoms. The standard InChI is InChI=1S/C83H138O32/c1-12-13-14-15-16-17-18-19-20-21-31-104-54(89)26-32-105-65-42(3)108-75(70(61(65)96)109-48-33-41(2)64(67(103-11)58(48)93)112-74-63(98)66(102-10)47(87)39-107-74)115-77(101)83-30-29-78(4,5)35-45(83)44-22-23-51-79(6)27-25-53(80(7,40-85)50(79)24-28-81(51,8)82(44,9)36-52(83)88)111-76-71(110-49-34-43(37-84)55(90)59(94)57(49)92)68(62(97)69(114-76)72(99)100)113-73-60(95)56(91)46(86)38-106-73/h22,41-43,45-53,55-71,73-76,84-88,90-98H,12-21,23-40H2,1-11H3,(H,99,100)/t41?,42?,43?,45?,46-,47-,48-,49-,50?,51?,52?,53?,55+,56?,57?,58?,59?,60?,61?,62+,63?,64+,65+,66?,67?,68?,69?,70?,71?,73+,74+,75+,76-,79+,80+,81-,82-,83-/m1/s1. The van der Waals surface area contributed by atoms with Crippen LogP contribution in [0.5, 0.6) is 0 Å². The summed E-state index contributed by atoms with van der Waals surface area (Å²) in [7, 11) is 2.72. The number of carboxylic acids is 1. The van der Waals surface area contributed by atoms with Crippen LogP contribution >= 0.6 is 0 Å². The first-order chi connectivity index (χ1) is 54.4. The van der Waals surface area contributed by atoms with Gasteiger partial charge in [0.15, 0.2) is 25.0 Å². The van der Waals surface area contributed by atoms with Crippen LogP contribution in [-0.2, 0) is 80.7 Å². The monoisotopic (exact) mass is 1650 g/mol. The number of methoxy groups -OCH3 is 2. The third-order valence-corrected chi connectivity index (χ3v) is 29.8. The van der Waals surface area contributed by atoms with Crippen LogP contribution in [0, 0.1) is 62.1 Å². The maximum atomic E-state index is 16.2. The molecule has 7 aliphatic carbocycles. The van der Waals surface area contributed by atoms with Gasteiger partial charge in [-0.15, -0.1) is 0 Å². The van der Waals surface area contributed by atoms with E-state index in [4.69, 9.17) is 66.3 Å². The number of rotatable bonds is 32. The number of aliphatic hydroxyl groups is 14. The Morgan fingerprint density at radius 1 is 0.548 bits per heavy atom. The van der Waals surface area contributed by atoms with Crippen LogP contribution in [0.3, 0.4) is 0 Å². The molecular weight excluding hydrogens is 1510 g/mol. The van der Waals surface area contributed by atoms with Crippen molar-refractivity contribution in [2.24, 2.45) is 62.1 Å². The number of aliphatic carboxylic acids is 1. The lowest BCUT2D eigenvalue weighted by Crippen LogP contribution is -2.69. The highest BCUT2D eigenvalue weighted by Gasteiger charge is 2.73. The number of ether oxygens (including phenoxy) is 14. The molecule has 11 aliphatic rings. The minimum Gasteiger partial charge on any atom is -0.479 e. The fraction of sp³-hybridized carbons (Fsp3) is 0.940. The number of esters is 2. The van der Waals surface area contributed by atoms with Crippen molar-refractivity contribution in [2.75, 3.05) is 53.9 Å². The van der Waals surface area contributed by atoms with E-state index >= 15 is 4.79 Å². The average Bonchev–Trinajstić information content (AvgIpc) is 0.669. The molecule has 0 spiro atoms. The van der Waals surface area contributed by atoms with Gasteiger partial charge in [-0.05, 0) is 129 Å². The number of unbranched alkanes of at least 4 members (excludes halogenated alkanes) is 9. The van der Waals surface area contributed by atoms with Crippen LogP contribution < -0.4 is 0 Å². The summed E-state index contributed by atoms with van der Waals surface area (Å²) in [6.45, 7) is 16.7. The number of carbonyl (C=O) groups excluding carboxylic acids is 2. The number of fused-ring (bicyclic) bond motifs is 7. The van der Waals surface area contributed by atoms with Gasteiger partial charge >= 0.3 is 17.9 Å². The number of allylic oxidation sites excluding steroid dienone is 2. The predicted octanol–water partition coefficient (Wildman–Crippen LogP) is 2.50. The highest BCUT2D eigenvalue weighted by atomic mass is 16.8. The van der Waals surface area contributed by atoms with Gasteiger partial charge in [0.1, 0.15) is 103 Å². The molecule has 38 atom stereocenters. The molecule has 6 saturated carbocycles. The van der Waals surface area contributed by atoms with Crippen LogP contribution in [0.1, 0.15) is 204 Å². The molecule has 11 rings (SSSR count).